The average Bonchev–Trinajstić information content (AvgIpc) is 2.47. The molecule has 1 aromatic rings. The molecule has 1 aliphatic rings. The number of rotatable bonds is 3. The van der Waals surface area contributed by atoms with E-state index in [1.165, 1.54) is 0 Å². The van der Waals surface area contributed by atoms with Crippen molar-refractivity contribution in [2.75, 3.05) is 25.6 Å². The standard InChI is InChI=1S/C12H18N4O2/c1-18-10-4-6-16(7-5-10)12(17)11-3-2-9(15-13)8-14-11/h2-3,8,10,15H,4-7,13H2,1H3. The number of nitrogens with two attached hydrogens (primary N) is 1. The molecule has 6 heteroatoms. The van der Waals surface area contributed by atoms with Gasteiger partial charge in [-0.1, -0.05) is 0 Å². The van der Waals surface area contributed by atoms with Gasteiger partial charge in [0.15, 0.2) is 0 Å². The Morgan fingerprint density at radius 1 is 1.50 bits per heavy atom. The largest absolute Gasteiger partial charge is 0.381 e. The lowest BCUT2D eigenvalue weighted by molar-refractivity contribution is 0.0347. The normalized spacial score (nSPS) is 16.7. The lowest BCUT2D eigenvalue weighted by Gasteiger charge is -2.31. The van der Waals surface area contributed by atoms with Crippen LogP contribution in [0.1, 0.15) is 23.3 Å². The molecule has 3 N–H and O–H groups in total. The molecule has 6 nitrogen and oxygen atoms in total. The summed E-state index contributed by atoms with van der Waals surface area (Å²) < 4.78 is 5.28. The zero-order valence-corrected chi connectivity index (χ0v) is 10.4. The minimum atomic E-state index is -0.0341. The predicted molar refractivity (Wildman–Crippen MR) is 68.0 cm³/mol. The van der Waals surface area contributed by atoms with Crippen LogP contribution >= 0.6 is 0 Å². The Labute approximate surface area is 106 Å². The minimum absolute atomic E-state index is 0.0341. The van der Waals surface area contributed by atoms with Gasteiger partial charge >= 0.3 is 0 Å². The van der Waals surface area contributed by atoms with Gasteiger partial charge in [0.2, 0.25) is 0 Å². The van der Waals surface area contributed by atoms with Crippen molar-refractivity contribution >= 4 is 11.6 Å². The van der Waals surface area contributed by atoms with Gasteiger partial charge in [-0.05, 0) is 25.0 Å². The van der Waals surface area contributed by atoms with Crippen LogP contribution in [0.25, 0.3) is 0 Å². The number of pyridine rings is 1. The topological polar surface area (TPSA) is 80.5 Å². The Hall–Kier alpha value is -1.66. The second-order valence-electron chi connectivity index (χ2n) is 4.30. The Morgan fingerprint density at radius 3 is 2.72 bits per heavy atom. The van der Waals surface area contributed by atoms with Crippen LogP contribution < -0.4 is 11.3 Å². The fourth-order valence-corrected chi connectivity index (χ4v) is 2.06. The number of methoxy groups -OCH3 is 1. The number of carbonyl (C=O) groups excluding carboxylic acids is 1. The van der Waals surface area contributed by atoms with E-state index in [9.17, 15) is 4.79 Å². The number of amides is 1. The van der Waals surface area contributed by atoms with Crippen LogP contribution in [0.2, 0.25) is 0 Å². The first-order valence-corrected chi connectivity index (χ1v) is 5.99. The molecule has 0 unspecified atom stereocenters. The van der Waals surface area contributed by atoms with Gasteiger partial charge < -0.3 is 15.1 Å². The molecule has 1 fully saturated rings. The first-order valence-electron chi connectivity index (χ1n) is 5.99. The number of piperidine rings is 1. The highest BCUT2D eigenvalue weighted by atomic mass is 16.5. The summed E-state index contributed by atoms with van der Waals surface area (Å²) in [7, 11) is 1.71. The lowest BCUT2D eigenvalue weighted by atomic mass is 10.1. The van der Waals surface area contributed by atoms with E-state index in [1.54, 1.807) is 25.4 Å². The van der Waals surface area contributed by atoms with Crippen molar-refractivity contribution in [3.8, 4) is 0 Å². The first-order chi connectivity index (χ1) is 8.74. The summed E-state index contributed by atoms with van der Waals surface area (Å²) in [6, 6.07) is 3.42. The maximum atomic E-state index is 12.2. The minimum Gasteiger partial charge on any atom is -0.381 e. The van der Waals surface area contributed by atoms with Gasteiger partial charge in [0.1, 0.15) is 5.69 Å². The molecular weight excluding hydrogens is 232 g/mol. The Bertz CT molecular complexity index is 399. The number of anilines is 1. The van der Waals surface area contributed by atoms with Gasteiger partial charge in [0.05, 0.1) is 18.0 Å². The Balaban J connectivity index is 1.98. The van der Waals surface area contributed by atoms with Crippen LogP contribution in [-0.2, 0) is 4.74 Å². The second-order valence-corrected chi connectivity index (χ2v) is 4.30. The van der Waals surface area contributed by atoms with Crippen LogP contribution in [-0.4, -0.2) is 42.1 Å². The fraction of sp³-hybridized carbons (Fsp3) is 0.500. The van der Waals surface area contributed by atoms with E-state index in [-0.39, 0.29) is 12.0 Å². The summed E-state index contributed by atoms with van der Waals surface area (Å²) in [6.07, 6.45) is 3.58. The highest BCUT2D eigenvalue weighted by molar-refractivity contribution is 5.92. The zero-order chi connectivity index (χ0) is 13.0. The molecule has 1 saturated heterocycles. The number of aromatic nitrogens is 1. The molecule has 0 aliphatic carbocycles. The average molecular weight is 250 g/mol. The number of likely N-dealkylation sites (tertiary alicyclic amines) is 1. The van der Waals surface area contributed by atoms with E-state index in [0.717, 1.165) is 25.9 Å². The monoisotopic (exact) mass is 250 g/mol. The van der Waals surface area contributed by atoms with Crippen molar-refractivity contribution in [3.63, 3.8) is 0 Å². The van der Waals surface area contributed by atoms with Gasteiger partial charge in [-0.3, -0.25) is 10.6 Å². The Morgan fingerprint density at radius 2 is 2.22 bits per heavy atom. The smallest absolute Gasteiger partial charge is 0.272 e. The molecule has 0 spiro atoms. The van der Waals surface area contributed by atoms with Crippen LogP contribution in [0.15, 0.2) is 18.3 Å². The van der Waals surface area contributed by atoms with Crippen molar-refractivity contribution in [1.82, 2.24) is 9.88 Å². The highest BCUT2D eigenvalue weighted by Crippen LogP contribution is 2.15. The number of nitrogens with zero attached hydrogens (tertiary/aromatic N) is 2. The van der Waals surface area contributed by atoms with Crippen LogP contribution in [0.5, 0.6) is 0 Å². The quantitative estimate of drug-likeness (QED) is 0.607. The van der Waals surface area contributed by atoms with Crippen molar-refractivity contribution in [2.24, 2.45) is 5.84 Å². The maximum Gasteiger partial charge on any atom is 0.272 e. The molecule has 0 aromatic carbocycles. The van der Waals surface area contributed by atoms with Crippen LogP contribution in [0.3, 0.4) is 0 Å². The summed E-state index contributed by atoms with van der Waals surface area (Å²) >= 11 is 0. The van der Waals surface area contributed by atoms with Crippen molar-refractivity contribution in [2.45, 2.75) is 18.9 Å². The van der Waals surface area contributed by atoms with Crippen molar-refractivity contribution in [3.05, 3.63) is 24.0 Å². The van der Waals surface area contributed by atoms with Gasteiger partial charge in [-0.25, -0.2) is 4.98 Å². The van der Waals surface area contributed by atoms with E-state index < -0.39 is 0 Å². The number of carbonyl (C=O) groups is 1. The molecule has 2 heterocycles. The first kappa shape index (κ1) is 12.8. The molecule has 0 atom stereocenters. The molecule has 1 aliphatic heterocycles. The van der Waals surface area contributed by atoms with Crippen molar-refractivity contribution < 1.29 is 9.53 Å². The summed E-state index contributed by atoms with van der Waals surface area (Å²) in [5, 5.41) is 0. The van der Waals surface area contributed by atoms with E-state index in [4.69, 9.17) is 10.6 Å². The third-order valence-electron chi connectivity index (χ3n) is 3.21. The van der Waals surface area contributed by atoms with E-state index in [0.29, 0.717) is 11.4 Å². The van der Waals surface area contributed by atoms with E-state index >= 15 is 0 Å². The number of nitrogens with one attached hydrogen (secondary N) is 1. The number of hydrogen-bond acceptors (Lipinski definition) is 5. The third-order valence-corrected chi connectivity index (χ3v) is 3.21. The molecule has 0 bridgehead atoms. The summed E-state index contributed by atoms with van der Waals surface area (Å²) in [5.74, 6) is 5.22. The summed E-state index contributed by atoms with van der Waals surface area (Å²) in [5.41, 5.74) is 3.62. The zero-order valence-electron chi connectivity index (χ0n) is 10.4. The summed E-state index contributed by atoms with van der Waals surface area (Å²) in [6.45, 7) is 1.44. The molecule has 18 heavy (non-hydrogen) atoms. The molecular formula is C12H18N4O2. The molecule has 2 rings (SSSR count). The number of hydrogen-bond donors (Lipinski definition) is 2. The SMILES string of the molecule is COC1CCN(C(=O)c2ccc(NN)cn2)CC1. The fourth-order valence-electron chi connectivity index (χ4n) is 2.06. The molecule has 1 amide bonds. The van der Waals surface area contributed by atoms with Gasteiger partial charge in [-0.2, -0.15) is 0 Å². The van der Waals surface area contributed by atoms with Gasteiger partial charge in [0, 0.05) is 20.2 Å². The van der Waals surface area contributed by atoms with E-state index in [1.807, 2.05) is 4.90 Å². The maximum absolute atomic E-state index is 12.2. The number of hydrazine groups is 1. The molecule has 0 saturated carbocycles. The lowest BCUT2D eigenvalue weighted by Crippen LogP contribution is -2.40. The molecule has 98 valence electrons. The van der Waals surface area contributed by atoms with Gasteiger partial charge in [-0.15, -0.1) is 0 Å². The number of nitrogen functional groups attached to an aromatic ring is 1. The predicted octanol–water partition coefficient (Wildman–Crippen LogP) is 0.618. The number of ether oxygens (including phenoxy) is 1. The molecule has 1 aromatic heterocycles. The highest BCUT2D eigenvalue weighted by Gasteiger charge is 2.23. The van der Waals surface area contributed by atoms with Crippen LogP contribution in [0, 0.1) is 0 Å². The summed E-state index contributed by atoms with van der Waals surface area (Å²) in [4.78, 5) is 18.1. The third kappa shape index (κ3) is 2.77. The van der Waals surface area contributed by atoms with Gasteiger partial charge in [0.25, 0.3) is 5.91 Å². The Kier molecular flexibility index (Phi) is 4.11. The molecule has 0 radical (unpaired) electrons. The van der Waals surface area contributed by atoms with Crippen LogP contribution in [0.4, 0.5) is 5.69 Å². The second kappa shape index (κ2) is 5.79. The van der Waals surface area contributed by atoms with E-state index in [2.05, 4.69) is 10.4 Å². The van der Waals surface area contributed by atoms with Crippen molar-refractivity contribution in [1.29, 1.82) is 0 Å².